The fraction of sp³-hybridized carbons (Fsp3) is 0.562. The molecule has 1 saturated heterocycles. The summed E-state index contributed by atoms with van der Waals surface area (Å²) in [5, 5.41) is 6.62. The first-order chi connectivity index (χ1) is 13.1. The Kier molecular flexibility index (Phi) is 7.79. The minimum atomic E-state index is -5.27. The van der Waals surface area contributed by atoms with Gasteiger partial charge in [-0.05, 0) is 25.0 Å². The number of rotatable bonds is 6. The molecule has 0 saturated carbocycles. The lowest BCUT2D eigenvalue weighted by atomic mass is 10.1. The van der Waals surface area contributed by atoms with Crippen molar-refractivity contribution >= 4 is 27.6 Å². The normalized spacial score (nSPS) is 17.4. The van der Waals surface area contributed by atoms with E-state index in [-0.39, 0.29) is 32.0 Å². The summed E-state index contributed by atoms with van der Waals surface area (Å²) in [6.45, 7) is 0.344. The molecule has 28 heavy (non-hydrogen) atoms. The standard InChI is InChI=1S/C16H22ClF3N4O3S/c1-21-15(22-8-11-27-14-5-3-2-4-13(14)17)23-12-6-9-24(10-7-12)28(25,26)16(18,19)20/h2-5,12H,6-11H2,1H3,(H2,21,22,23). The highest BCUT2D eigenvalue weighted by molar-refractivity contribution is 7.90. The van der Waals surface area contributed by atoms with Crippen molar-refractivity contribution in [1.82, 2.24) is 14.9 Å². The molecule has 1 aliphatic rings. The zero-order valence-electron chi connectivity index (χ0n) is 15.2. The number of nitrogens with zero attached hydrogens (tertiary/aromatic N) is 2. The summed E-state index contributed by atoms with van der Waals surface area (Å²) < 4.78 is 66.7. The number of aliphatic imine (C=N–C) groups is 1. The first-order valence-corrected chi connectivity index (χ1v) is 10.4. The lowest BCUT2D eigenvalue weighted by molar-refractivity contribution is -0.0494. The number of sulfonamides is 1. The van der Waals surface area contributed by atoms with Crippen LogP contribution < -0.4 is 15.4 Å². The maximum atomic E-state index is 12.6. The number of halogens is 4. The van der Waals surface area contributed by atoms with E-state index >= 15 is 0 Å². The van der Waals surface area contributed by atoms with Gasteiger partial charge in [0.2, 0.25) is 0 Å². The molecule has 0 bridgehead atoms. The van der Waals surface area contributed by atoms with Crippen LogP contribution in [0.15, 0.2) is 29.3 Å². The fourth-order valence-corrected chi connectivity index (χ4v) is 3.84. The lowest BCUT2D eigenvalue weighted by Crippen LogP contribution is -2.52. The van der Waals surface area contributed by atoms with Gasteiger partial charge < -0.3 is 15.4 Å². The first kappa shape index (κ1) is 22.6. The Bertz CT molecular complexity index is 782. The van der Waals surface area contributed by atoms with Gasteiger partial charge in [-0.1, -0.05) is 23.7 Å². The zero-order valence-corrected chi connectivity index (χ0v) is 16.7. The Morgan fingerprint density at radius 1 is 1.32 bits per heavy atom. The smallest absolute Gasteiger partial charge is 0.490 e. The van der Waals surface area contributed by atoms with Crippen LogP contribution in [0.1, 0.15) is 12.8 Å². The van der Waals surface area contributed by atoms with E-state index in [0.717, 1.165) is 0 Å². The largest absolute Gasteiger partial charge is 0.511 e. The van der Waals surface area contributed by atoms with E-state index in [1.165, 1.54) is 0 Å². The number of piperidine rings is 1. The third-order valence-corrected chi connectivity index (χ3v) is 6.08. The Morgan fingerprint density at radius 2 is 1.96 bits per heavy atom. The Balaban J connectivity index is 1.75. The van der Waals surface area contributed by atoms with Gasteiger partial charge in [0, 0.05) is 26.2 Å². The highest BCUT2D eigenvalue weighted by Crippen LogP contribution is 2.29. The van der Waals surface area contributed by atoms with Crippen LogP contribution in [-0.4, -0.2) is 63.5 Å². The number of alkyl halides is 3. The molecular formula is C16H22ClF3N4O3S. The monoisotopic (exact) mass is 442 g/mol. The number of para-hydroxylation sites is 1. The number of hydrogen-bond acceptors (Lipinski definition) is 4. The van der Waals surface area contributed by atoms with Gasteiger partial charge in [0.25, 0.3) is 0 Å². The molecule has 0 aromatic heterocycles. The molecule has 158 valence electrons. The van der Waals surface area contributed by atoms with Crippen molar-refractivity contribution in [2.75, 3.05) is 33.3 Å². The molecule has 2 rings (SSSR count). The van der Waals surface area contributed by atoms with Crippen LogP contribution in [0.2, 0.25) is 5.02 Å². The molecule has 1 heterocycles. The second kappa shape index (κ2) is 9.66. The molecule has 1 aromatic carbocycles. The summed E-state index contributed by atoms with van der Waals surface area (Å²) in [6, 6.07) is 6.88. The predicted octanol–water partition coefficient (Wildman–Crippen LogP) is 2.20. The molecule has 0 aliphatic carbocycles. The average Bonchev–Trinajstić information content (AvgIpc) is 2.65. The van der Waals surface area contributed by atoms with Crippen LogP contribution in [0.3, 0.4) is 0 Å². The van der Waals surface area contributed by atoms with Gasteiger partial charge >= 0.3 is 15.5 Å². The van der Waals surface area contributed by atoms with Crippen molar-refractivity contribution in [2.24, 2.45) is 4.99 Å². The summed E-state index contributed by atoms with van der Waals surface area (Å²) in [5.41, 5.74) is -5.27. The van der Waals surface area contributed by atoms with E-state index in [1.54, 1.807) is 31.3 Å². The van der Waals surface area contributed by atoms with E-state index in [2.05, 4.69) is 15.6 Å². The molecule has 2 N–H and O–H groups in total. The molecule has 0 spiro atoms. The fourth-order valence-electron chi connectivity index (χ4n) is 2.67. The van der Waals surface area contributed by atoms with Gasteiger partial charge in [0.05, 0.1) is 11.6 Å². The molecule has 0 atom stereocenters. The lowest BCUT2D eigenvalue weighted by Gasteiger charge is -2.32. The Hall–Kier alpha value is -1.72. The number of ether oxygens (including phenoxy) is 1. The van der Waals surface area contributed by atoms with Gasteiger partial charge in [0.1, 0.15) is 12.4 Å². The van der Waals surface area contributed by atoms with Gasteiger partial charge in [-0.2, -0.15) is 17.5 Å². The summed E-state index contributed by atoms with van der Waals surface area (Å²) >= 11 is 6.00. The minimum Gasteiger partial charge on any atom is -0.490 e. The van der Waals surface area contributed by atoms with Crippen LogP contribution >= 0.6 is 11.6 Å². The van der Waals surface area contributed by atoms with Crippen molar-refractivity contribution < 1.29 is 26.3 Å². The van der Waals surface area contributed by atoms with Crippen LogP contribution in [0.5, 0.6) is 5.75 Å². The maximum Gasteiger partial charge on any atom is 0.511 e. The van der Waals surface area contributed by atoms with Crippen molar-refractivity contribution in [3.05, 3.63) is 29.3 Å². The molecule has 1 aliphatic heterocycles. The van der Waals surface area contributed by atoms with Gasteiger partial charge in [-0.15, -0.1) is 0 Å². The highest BCUT2D eigenvalue weighted by atomic mass is 35.5. The van der Waals surface area contributed by atoms with Crippen molar-refractivity contribution in [2.45, 2.75) is 24.4 Å². The molecule has 1 aromatic rings. The second-order valence-corrected chi connectivity index (χ2v) is 8.38. The Labute approximate surface area is 167 Å². The van der Waals surface area contributed by atoms with Crippen LogP contribution in [0.4, 0.5) is 13.2 Å². The summed E-state index contributed by atoms with van der Waals surface area (Å²) in [4.78, 5) is 4.05. The molecular weight excluding hydrogens is 421 g/mol. The average molecular weight is 443 g/mol. The minimum absolute atomic E-state index is 0.185. The summed E-state index contributed by atoms with van der Waals surface area (Å²) in [7, 11) is -3.71. The van der Waals surface area contributed by atoms with Crippen molar-refractivity contribution in [3.8, 4) is 5.75 Å². The zero-order chi connectivity index (χ0) is 20.8. The van der Waals surface area contributed by atoms with Gasteiger partial charge in [0.15, 0.2) is 5.96 Å². The number of guanidine groups is 1. The number of benzene rings is 1. The third kappa shape index (κ3) is 5.89. The summed E-state index contributed by atoms with van der Waals surface area (Å²) in [6.07, 6.45) is 0.484. The molecule has 7 nitrogen and oxygen atoms in total. The molecule has 12 heteroatoms. The van der Waals surface area contributed by atoms with E-state index in [1.807, 2.05) is 0 Å². The highest BCUT2D eigenvalue weighted by Gasteiger charge is 2.50. The molecule has 0 radical (unpaired) electrons. The molecule has 0 unspecified atom stereocenters. The van der Waals surface area contributed by atoms with Gasteiger partial charge in [-0.3, -0.25) is 4.99 Å². The van der Waals surface area contributed by atoms with Crippen molar-refractivity contribution in [3.63, 3.8) is 0 Å². The first-order valence-electron chi connectivity index (χ1n) is 8.56. The predicted molar refractivity (Wildman–Crippen MR) is 101 cm³/mol. The van der Waals surface area contributed by atoms with Gasteiger partial charge in [-0.25, -0.2) is 8.42 Å². The van der Waals surface area contributed by atoms with Crippen molar-refractivity contribution in [1.29, 1.82) is 0 Å². The van der Waals surface area contributed by atoms with E-state index in [0.29, 0.717) is 34.2 Å². The number of hydrogen-bond donors (Lipinski definition) is 2. The van der Waals surface area contributed by atoms with E-state index in [4.69, 9.17) is 16.3 Å². The topological polar surface area (TPSA) is 83.0 Å². The van der Waals surface area contributed by atoms with E-state index in [9.17, 15) is 21.6 Å². The third-order valence-electron chi connectivity index (χ3n) is 4.14. The Morgan fingerprint density at radius 3 is 2.54 bits per heavy atom. The number of nitrogens with one attached hydrogen (secondary N) is 2. The second-order valence-electron chi connectivity index (χ2n) is 6.05. The van der Waals surface area contributed by atoms with Crippen LogP contribution in [0, 0.1) is 0 Å². The quantitative estimate of drug-likeness (QED) is 0.401. The summed E-state index contributed by atoms with van der Waals surface area (Å²) in [5.74, 6) is 1.02. The van der Waals surface area contributed by atoms with Crippen LogP contribution in [0.25, 0.3) is 0 Å². The molecule has 1 fully saturated rings. The maximum absolute atomic E-state index is 12.6. The molecule has 0 amide bonds. The van der Waals surface area contributed by atoms with Crippen LogP contribution in [-0.2, 0) is 10.0 Å². The SMILES string of the molecule is CN=C(NCCOc1ccccc1Cl)NC1CCN(S(=O)(=O)C(F)(F)F)CC1. The van der Waals surface area contributed by atoms with E-state index < -0.39 is 15.5 Å².